The van der Waals surface area contributed by atoms with E-state index in [2.05, 4.69) is 27.7 Å². The Hall–Kier alpha value is -0.650. The average molecular weight is 503 g/mol. The number of ether oxygens (including phenoxy) is 2. The Balaban J connectivity index is 1.27. The van der Waals surface area contributed by atoms with Gasteiger partial charge < -0.3 is 19.7 Å². The van der Waals surface area contributed by atoms with Crippen LogP contribution < -0.4 is 0 Å². The van der Waals surface area contributed by atoms with Crippen LogP contribution in [0.5, 0.6) is 0 Å². The number of fused-ring (bicyclic) bond motifs is 4. The summed E-state index contributed by atoms with van der Waals surface area (Å²) in [6, 6.07) is 0. The summed E-state index contributed by atoms with van der Waals surface area (Å²) in [5, 5.41) is 21.7. The lowest BCUT2D eigenvalue weighted by molar-refractivity contribution is -0.200. The van der Waals surface area contributed by atoms with Crippen LogP contribution in [0, 0.1) is 51.2 Å². The zero-order chi connectivity index (χ0) is 26.1. The van der Waals surface area contributed by atoms with Crippen molar-refractivity contribution in [3.8, 4) is 0 Å². The first kappa shape index (κ1) is 25.6. The lowest BCUT2D eigenvalue weighted by Crippen LogP contribution is -2.54. The van der Waals surface area contributed by atoms with E-state index in [0.717, 1.165) is 37.5 Å². The van der Waals surface area contributed by atoms with Crippen LogP contribution in [0.1, 0.15) is 106 Å². The highest BCUT2D eigenvalue weighted by Crippen LogP contribution is 2.89. The molecule has 0 radical (unpaired) electrons. The minimum Gasteiger partial charge on any atom is -0.457 e. The largest absolute Gasteiger partial charge is 0.457 e. The Bertz CT molecular complexity index is 922. The van der Waals surface area contributed by atoms with Gasteiger partial charge in [0.25, 0.3) is 0 Å². The Labute approximate surface area is 218 Å². The van der Waals surface area contributed by atoms with Crippen molar-refractivity contribution in [1.29, 1.82) is 0 Å². The minimum absolute atomic E-state index is 0.0184. The molecule has 0 amide bonds. The number of esters is 1. The highest BCUT2D eigenvalue weighted by Gasteiger charge is 2.84. The standard InChI is InChI=1S/C31H50O5/c1-17-30-15-14-29(7)20-8-10-22(26(28(5,6)34)35-18(2)32)36-23(20)16-21(29)19(30)9-11-24-27(3,4)25(33)12-13-31(17,24)30/h17,19-26,33-34H,8-16H2,1-7H3. The summed E-state index contributed by atoms with van der Waals surface area (Å²) >= 11 is 0. The Morgan fingerprint density at radius 1 is 0.972 bits per heavy atom. The van der Waals surface area contributed by atoms with Crippen LogP contribution in [-0.2, 0) is 14.3 Å². The zero-order valence-electron chi connectivity index (χ0n) is 23.7. The monoisotopic (exact) mass is 502 g/mol. The molecule has 6 rings (SSSR count). The molecule has 0 aromatic rings. The van der Waals surface area contributed by atoms with Crippen molar-refractivity contribution in [3.63, 3.8) is 0 Å². The topological polar surface area (TPSA) is 76.0 Å². The molecule has 1 saturated heterocycles. The third kappa shape index (κ3) is 3.03. The number of aliphatic hydroxyl groups excluding tert-OH is 1. The molecule has 0 aromatic carbocycles. The van der Waals surface area contributed by atoms with Crippen LogP contribution >= 0.6 is 0 Å². The molecule has 2 N–H and O–H groups in total. The lowest BCUT2D eigenvalue weighted by Gasteiger charge is -2.59. The van der Waals surface area contributed by atoms with E-state index in [4.69, 9.17) is 9.47 Å². The molecule has 5 heteroatoms. The van der Waals surface area contributed by atoms with E-state index in [9.17, 15) is 15.0 Å². The second-order valence-corrected chi connectivity index (χ2v) is 15.3. The Morgan fingerprint density at radius 2 is 1.67 bits per heavy atom. The summed E-state index contributed by atoms with van der Waals surface area (Å²) in [6.45, 7) is 14.7. The first-order chi connectivity index (χ1) is 16.7. The van der Waals surface area contributed by atoms with Crippen molar-refractivity contribution < 1.29 is 24.5 Å². The number of rotatable bonds is 3. The van der Waals surface area contributed by atoms with Crippen LogP contribution in [0.3, 0.4) is 0 Å². The SMILES string of the molecule is CC(=O)OC(C1CCC2C(CC3C4CCC5C(C)(C)C(O)CCC56C(C)C46CCC23C)O1)C(C)(C)O. The van der Waals surface area contributed by atoms with E-state index in [0.29, 0.717) is 34.0 Å². The summed E-state index contributed by atoms with van der Waals surface area (Å²) in [7, 11) is 0. The third-order valence-corrected chi connectivity index (χ3v) is 13.6. The van der Waals surface area contributed by atoms with Gasteiger partial charge in [-0.1, -0.05) is 27.7 Å². The van der Waals surface area contributed by atoms with Gasteiger partial charge in [-0.25, -0.2) is 0 Å². The van der Waals surface area contributed by atoms with E-state index in [-0.39, 0.29) is 29.7 Å². The molecular weight excluding hydrogens is 452 g/mol. The summed E-state index contributed by atoms with van der Waals surface area (Å²) in [5.74, 6) is 3.06. The predicted molar refractivity (Wildman–Crippen MR) is 138 cm³/mol. The van der Waals surface area contributed by atoms with Crippen LogP contribution in [0.25, 0.3) is 0 Å². The van der Waals surface area contributed by atoms with Crippen LogP contribution in [0.2, 0.25) is 0 Å². The average Bonchev–Trinajstić information content (AvgIpc) is 3.17. The second-order valence-electron chi connectivity index (χ2n) is 15.3. The van der Waals surface area contributed by atoms with Gasteiger partial charge in [0.1, 0.15) is 0 Å². The van der Waals surface area contributed by atoms with Gasteiger partial charge in [-0.05, 0) is 123 Å². The van der Waals surface area contributed by atoms with Crippen molar-refractivity contribution in [2.24, 2.45) is 51.2 Å². The van der Waals surface area contributed by atoms with Gasteiger partial charge in [0, 0.05) is 6.92 Å². The van der Waals surface area contributed by atoms with Gasteiger partial charge >= 0.3 is 5.97 Å². The molecule has 12 atom stereocenters. The van der Waals surface area contributed by atoms with E-state index < -0.39 is 11.7 Å². The zero-order valence-corrected chi connectivity index (χ0v) is 23.7. The molecule has 1 heterocycles. The summed E-state index contributed by atoms with van der Waals surface area (Å²) in [4.78, 5) is 11.8. The van der Waals surface area contributed by atoms with Crippen molar-refractivity contribution in [2.45, 2.75) is 136 Å². The van der Waals surface area contributed by atoms with Crippen molar-refractivity contribution in [3.05, 3.63) is 0 Å². The first-order valence-corrected chi connectivity index (χ1v) is 14.9. The van der Waals surface area contributed by atoms with Gasteiger partial charge in [0.15, 0.2) is 6.10 Å². The number of hydrogen-bond donors (Lipinski definition) is 2. The molecule has 6 fully saturated rings. The van der Waals surface area contributed by atoms with E-state index in [1.165, 1.54) is 39.0 Å². The molecule has 2 spiro atoms. The Morgan fingerprint density at radius 3 is 2.33 bits per heavy atom. The van der Waals surface area contributed by atoms with Crippen molar-refractivity contribution in [1.82, 2.24) is 0 Å². The fourth-order valence-electron chi connectivity index (χ4n) is 12.1. The maximum atomic E-state index is 11.8. The van der Waals surface area contributed by atoms with Crippen LogP contribution in [-0.4, -0.2) is 46.2 Å². The quantitative estimate of drug-likeness (QED) is 0.498. The van der Waals surface area contributed by atoms with Gasteiger partial charge in [-0.15, -0.1) is 0 Å². The molecule has 1 aliphatic heterocycles. The van der Waals surface area contributed by atoms with Gasteiger partial charge in [0.05, 0.1) is 23.9 Å². The second kappa shape index (κ2) is 7.72. The van der Waals surface area contributed by atoms with Gasteiger partial charge in [0.2, 0.25) is 0 Å². The highest BCUT2D eigenvalue weighted by molar-refractivity contribution is 5.66. The van der Waals surface area contributed by atoms with Crippen molar-refractivity contribution in [2.75, 3.05) is 0 Å². The third-order valence-electron chi connectivity index (χ3n) is 13.6. The molecule has 6 aliphatic rings. The fourth-order valence-corrected chi connectivity index (χ4v) is 12.1. The maximum Gasteiger partial charge on any atom is 0.303 e. The molecule has 204 valence electrons. The molecular formula is C31H50O5. The number of carbonyl (C=O) groups excluding carboxylic acids is 1. The number of hydrogen-bond acceptors (Lipinski definition) is 5. The minimum atomic E-state index is -1.13. The Kier molecular flexibility index (Phi) is 5.49. The molecule has 0 aromatic heterocycles. The number of carbonyl (C=O) groups is 1. The highest BCUT2D eigenvalue weighted by atomic mass is 16.6. The predicted octanol–water partition coefficient (Wildman–Crippen LogP) is 5.50. The van der Waals surface area contributed by atoms with Crippen LogP contribution in [0.15, 0.2) is 0 Å². The molecule has 5 saturated carbocycles. The van der Waals surface area contributed by atoms with E-state index in [1.54, 1.807) is 13.8 Å². The molecule has 0 bridgehead atoms. The van der Waals surface area contributed by atoms with Crippen molar-refractivity contribution >= 4 is 5.97 Å². The van der Waals surface area contributed by atoms with E-state index in [1.807, 2.05) is 0 Å². The smallest absolute Gasteiger partial charge is 0.303 e. The molecule has 12 unspecified atom stereocenters. The fraction of sp³-hybridized carbons (Fsp3) is 0.968. The summed E-state index contributed by atoms with van der Waals surface area (Å²) < 4.78 is 12.4. The van der Waals surface area contributed by atoms with Gasteiger partial charge in [-0.2, -0.15) is 0 Å². The lowest BCUT2D eigenvalue weighted by atomic mass is 9.46. The van der Waals surface area contributed by atoms with E-state index >= 15 is 0 Å². The summed E-state index contributed by atoms with van der Waals surface area (Å²) in [6.07, 6.45) is 9.60. The molecule has 5 nitrogen and oxygen atoms in total. The van der Waals surface area contributed by atoms with Gasteiger partial charge in [-0.3, -0.25) is 4.79 Å². The number of aliphatic hydroxyl groups is 2. The molecule has 36 heavy (non-hydrogen) atoms. The maximum absolute atomic E-state index is 11.8. The van der Waals surface area contributed by atoms with Crippen LogP contribution in [0.4, 0.5) is 0 Å². The normalized spacial score (nSPS) is 53.7. The molecule has 5 aliphatic carbocycles. The summed E-state index contributed by atoms with van der Waals surface area (Å²) in [5.41, 5.74) is 0.0904. The first-order valence-electron chi connectivity index (χ1n) is 14.9.